The molecule has 0 atom stereocenters. The zero-order valence-electron chi connectivity index (χ0n) is 10.9. The highest BCUT2D eigenvalue weighted by Gasteiger charge is 2.16. The number of hydrogen-bond acceptors (Lipinski definition) is 5. The molecule has 2 heterocycles. The summed E-state index contributed by atoms with van der Waals surface area (Å²) in [5, 5.41) is 0.641. The van der Waals surface area contributed by atoms with Crippen LogP contribution in [-0.2, 0) is 4.74 Å². The second-order valence-electron chi connectivity index (χ2n) is 4.55. The van der Waals surface area contributed by atoms with Gasteiger partial charge in [-0.2, -0.15) is 4.98 Å². The van der Waals surface area contributed by atoms with Gasteiger partial charge in [-0.1, -0.05) is 29.8 Å². The number of aromatic nitrogens is 2. The Balaban J connectivity index is 1.93. The second-order valence-corrected chi connectivity index (χ2v) is 4.96. The quantitative estimate of drug-likeness (QED) is 0.919. The molecule has 0 saturated carbocycles. The molecule has 20 heavy (non-hydrogen) atoms. The van der Waals surface area contributed by atoms with Crippen molar-refractivity contribution in [3.8, 4) is 11.1 Å². The van der Waals surface area contributed by atoms with Crippen molar-refractivity contribution in [2.24, 2.45) is 0 Å². The molecule has 1 saturated heterocycles. The van der Waals surface area contributed by atoms with Crippen molar-refractivity contribution < 1.29 is 4.74 Å². The van der Waals surface area contributed by atoms with Gasteiger partial charge in [0.15, 0.2) is 0 Å². The van der Waals surface area contributed by atoms with Crippen molar-refractivity contribution in [1.82, 2.24) is 9.97 Å². The summed E-state index contributed by atoms with van der Waals surface area (Å²) in [4.78, 5) is 10.9. The molecule has 1 aliphatic heterocycles. The SMILES string of the molecule is Nc1nc(N2CCOCC2)ncc1-c1ccccc1Cl. The normalized spacial score (nSPS) is 15.3. The number of rotatable bonds is 2. The molecule has 0 spiro atoms. The van der Waals surface area contributed by atoms with E-state index < -0.39 is 0 Å². The summed E-state index contributed by atoms with van der Waals surface area (Å²) in [6.45, 7) is 2.95. The zero-order valence-corrected chi connectivity index (χ0v) is 11.7. The number of nitrogens with two attached hydrogens (primary N) is 1. The fraction of sp³-hybridized carbons (Fsp3) is 0.286. The molecule has 1 aromatic heterocycles. The van der Waals surface area contributed by atoms with E-state index in [1.54, 1.807) is 6.20 Å². The lowest BCUT2D eigenvalue weighted by Crippen LogP contribution is -2.37. The maximum Gasteiger partial charge on any atom is 0.227 e. The molecule has 0 unspecified atom stereocenters. The van der Waals surface area contributed by atoms with Crippen LogP contribution in [0.2, 0.25) is 5.02 Å². The van der Waals surface area contributed by atoms with Crippen LogP contribution in [0.4, 0.5) is 11.8 Å². The highest BCUT2D eigenvalue weighted by molar-refractivity contribution is 6.33. The van der Waals surface area contributed by atoms with Crippen LogP contribution >= 0.6 is 11.6 Å². The summed E-state index contributed by atoms with van der Waals surface area (Å²) in [5.74, 6) is 1.08. The molecule has 104 valence electrons. The fourth-order valence-corrected chi connectivity index (χ4v) is 2.43. The van der Waals surface area contributed by atoms with Gasteiger partial charge in [-0.25, -0.2) is 4.98 Å². The first-order valence-corrected chi connectivity index (χ1v) is 6.83. The van der Waals surface area contributed by atoms with Crippen LogP contribution in [0, 0.1) is 0 Å². The molecule has 2 aromatic rings. The Labute approximate surface area is 122 Å². The molecule has 0 aliphatic carbocycles. The summed E-state index contributed by atoms with van der Waals surface area (Å²) in [6.07, 6.45) is 1.73. The Bertz CT molecular complexity index is 614. The van der Waals surface area contributed by atoms with Crippen LogP contribution in [0.25, 0.3) is 11.1 Å². The molecular weight excluding hydrogens is 276 g/mol. The molecule has 0 radical (unpaired) electrons. The van der Waals surface area contributed by atoms with Gasteiger partial charge in [0.05, 0.1) is 13.2 Å². The van der Waals surface area contributed by atoms with E-state index in [1.807, 2.05) is 24.3 Å². The standard InChI is InChI=1S/C14H15ClN4O/c15-12-4-2-1-3-10(12)11-9-17-14(18-13(11)16)19-5-7-20-8-6-19/h1-4,9H,5-8H2,(H2,16,17,18). The van der Waals surface area contributed by atoms with E-state index in [-0.39, 0.29) is 0 Å². The molecule has 1 fully saturated rings. The summed E-state index contributed by atoms with van der Waals surface area (Å²) >= 11 is 6.18. The zero-order chi connectivity index (χ0) is 13.9. The van der Waals surface area contributed by atoms with Crippen molar-refractivity contribution in [3.63, 3.8) is 0 Å². The van der Waals surface area contributed by atoms with E-state index in [4.69, 9.17) is 22.1 Å². The molecule has 0 bridgehead atoms. The van der Waals surface area contributed by atoms with Gasteiger partial charge in [0.25, 0.3) is 0 Å². The average Bonchev–Trinajstić information content (AvgIpc) is 2.49. The maximum atomic E-state index is 6.18. The first-order chi connectivity index (χ1) is 9.75. The van der Waals surface area contributed by atoms with Crippen LogP contribution in [0.3, 0.4) is 0 Å². The first kappa shape index (κ1) is 13.1. The van der Waals surface area contributed by atoms with Crippen molar-refractivity contribution in [3.05, 3.63) is 35.5 Å². The van der Waals surface area contributed by atoms with Crippen molar-refractivity contribution in [1.29, 1.82) is 0 Å². The summed E-state index contributed by atoms with van der Waals surface area (Å²) < 4.78 is 5.31. The lowest BCUT2D eigenvalue weighted by Gasteiger charge is -2.27. The van der Waals surface area contributed by atoms with Crippen LogP contribution in [0.1, 0.15) is 0 Å². The Hall–Kier alpha value is -1.85. The van der Waals surface area contributed by atoms with E-state index >= 15 is 0 Å². The Morgan fingerprint density at radius 1 is 1.15 bits per heavy atom. The number of hydrogen-bond donors (Lipinski definition) is 1. The molecule has 0 amide bonds. The van der Waals surface area contributed by atoms with E-state index in [0.29, 0.717) is 30.0 Å². The number of anilines is 2. The Morgan fingerprint density at radius 2 is 1.90 bits per heavy atom. The monoisotopic (exact) mass is 290 g/mol. The highest BCUT2D eigenvalue weighted by atomic mass is 35.5. The lowest BCUT2D eigenvalue weighted by atomic mass is 10.1. The Morgan fingerprint density at radius 3 is 2.60 bits per heavy atom. The van der Waals surface area contributed by atoms with Gasteiger partial charge in [0.2, 0.25) is 5.95 Å². The number of halogens is 1. The number of ether oxygens (including phenoxy) is 1. The second kappa shape index (κ2) is 5.64. The summed E-state index contributed by atoms with van der Waals surface area (Å²) in [5.41, 5.74) is 7.67. The third-order valence-electron chi connectivity index (χ3n) is 3.26. The van der Waals surface area contributed by atoms with Crippen molar-refractivity contribution >= 4 is 23.4 Å². The van der Waals surface area contributed by atoms with Gasteiger partial charge in [0.1, 0.15) is 5.82 Å². The first-order valence-electron chi connectivity index (χ1n) is 6.46. The van der Waals surface area contributed by atoms with Gasteiger partial charge in [-0.05, 0) is 6.07 Å². The van der Waals surface area contributed by atoms with Gasteiger partial charge >= 0.3 is 0 Å². The smallest absolute Gasteiger partial charge is 0.227 e. The minimum Gasteiger partial charge on any atom is -0.383 e. The minimum absolute atomic E-state index is 0.439. The van der Waals surface area contributed by atoms with Crippen molar-refractivity contribution in [2.45, 2.75) is 0 Å². The van der Waals surface area contributed by atoms with E-state index in [1.165, 1.54) is 0 Å². The van der Waals surface area contributed by atoms with Gasteiger partial charge in [-0.15, -0.1) is 0 Å². The van der Waals surface area contributed by atoms with Crippen LogP contribution in [-0.4, -0.2) is 36.3 Å². The molecule has 1 aliphatic rings. The fourth-order valence-electron chi connectivity index (χ4n) is 2.19. The third-order valence-corrected chi connectivity index (χ3v) is 3.59. The molecule has 2 N–H and O–H groups in total. The minimum atomic E-state index is 0.439. The Kier molecular flexibility index (Phi) is 3.71. The van der Waals surface area contributed by atoms with Crippen molar-refractivity contribution in [2.75, 3.05) is 36.9 Å². The van der Waals surface area contributed by atoms with Crippen LogP contribution < -0.4 is 10.6 Å². The maximum absolute atomic E-state index is 6.18. The summed E-state index contributed by atoms with van der Waals surface area (Å²) in [7, 11) is 0. The van der Waals surface area contributed by atoms with Gasteiger partial charge in [0, 0.05) is 35.4 Å². The average molecular weight is 291 g/mol. The van der Waals surface area contributed by atoms with Gasteiger partial charge < -0.3 is 15.4 Å². The van der Waals surface area contributed by atoms with Gasteiger partial charge in [-0.3, -0.25) is 0 Å². The highest BCUT2D eigenvalue weighted by Crippen LogP contribution is 2.31. The topological polar surface area (TPSA) is 64.3 Å². The van der Waals surface area contributed by atoms with Crippen LogP contribution in [0.5, 0.6) is 0 Å². The molecule has 5 nitrogen and oxygen atoms in total. The third kappa shape index (κ3) is 2.55. The van der Waals surface area contributed by atoms with E-state index in [2.05, 4.69) is 14.9 Å². The molecule has 1 aromatic carbocycles. The molecule has 6 heteroatoms. The number of benzene rings is 1. The predicted octanol–water partition coefficient (Wildman–Crippen LogP) is 2.22. The van der Waals surface area contributed by atoms with E-state index in [0.717, 1.165) is 24.2 Å². The molecular formula is C14H15ClN4O. The predicted molar refractivity (Wildman–Crippen MR) is 79.9 cm³/mol. The van der Waals surface area contributed by atoms with E-state index in [9.17, 15) is 0 Å². The summed E-state index contributed by atoms with van der Waals surface area (Å²) in [6, 6.07) is 7.53. The largest absolute Gasteiger partial charge is 0.383 e. The lowest BCUT2D eigenvalue weighted by molar-refractivity contribution is 0.122. The number of morpholine rings is 1. The van der Waals surface area contributed by atoms with Crippen LogP contribution in [0.15, 0.2) is 30.5 Å². The molecule has 3 rings (SSSR count). The number of nitrogens with zero attached hydrogens (tertiary/aromatic N) is 3. The number of nitrogen functional groups attached to an aromatic ring is 1.